The Bertz CT molecular complexity index is 1020. The highest BCUT2D eigenvalue weighted by atomic mass is 32.2. The first-order valence-electron chi connectivity index (χ1n) is 8.07. The molecule has 0 fully saturated rings. The number of ketones is 1. The third-order valence-electron chi connectivity index (χ3n) is 3.90. The predicted molar refractivity (Wildman–Crippen MR) is 104 cm³/mol. The van der Waals surface area contributed by atoms with E-state index >= 15 is 0 Å². The largest absolute Gasteiger partial charge is 0.467 e. The summed E-state index contributed by atoms with van der Waals surface area (Å²) in [4.78, 5) is 15.9. The van der Waals surface area contributed by atoms with Crippen molar-refractivity contribution in [1.29, 1.82) is 0 Å². The van der Waals surface area contributed by atoms with Crippen LogP contribution in [0.5, 0.6) is 0 Å². The minimum atomic E-state index is -0.250. The summed E-state index contributed by atoms with van der Waals surface area (Å²) in [7, 11) is 0. The lowest BCUT2D eigenvalue weighted by atomic mass is 10.1. The summed E-state index contributed by atoms with van der Waals surface area (Å²) in [5, 5.41) is 12.8. The van der Waals surface area contributed by atoms with Gasteiger partial charge in [0.05, 0.1) is 18.1 Å². The number of fused-ring (bicyclic) bond motifs is 1. The van der Waals surface area contributed by atoms with E-state index < -0.39 is 0 Å². The van der Waals surface area contributed by atoms with Gasteiger partial charge in [0, 0.05) is 22.7 Å². The van der Waals surface area contributed by atoms with Crippen molar-refractivity contribution in [3.8, 4) is 0 Å². The van der Waals surface area contributed by atoms with Gasteiger partial charge in [-0.05, 0) is 25.1 Å². The quantitative estimate of drug-likeness (QED) is 0.358. The number of thioether (sulfide) groups is 1. The van der Waals surface area contributed by atoms with Gasteiger partial charge in [0.1, 0.15) is 5.76 Å². The molecule has 0 amide bonds. The van der Waals surface area contributed by atoms with Crippen molar-refractivity contribution in [3.63, 3.8) is 0 Å². The molecule has 1 unspecified atom stereocenters. The lowest BCUT2D eigenvalue weighted by molar-refractivity contribution is 0.0995. The van der Waals surface area contributed by atoms with Gasteiger partial charge in [0.15, 0.2) is 10.1 Å². The fourth-order valence-corrected chi connectivity index (χ4v) is 4.56. The summed E-state index contributed by atoms with van der Waals surface area (Å²) < 4.78 is 6.03. The minimum absolute atomic E-state index is 0.0766. The van der Waals surface area contributed by atoms with Crippen molar-refractivity contribution < 1.29 is 9.21 Å². The second-order valence-corrected chi connectivity index (χ2v) is 8.24. The molecular weight excluding hydrogens is 368 g/mol. The highest BCUT2D eigenvalue weighted by Crippen LogP contribution is 2.31. The summed E-state index contributed by atoms with van der Waals surface area (Å²) in [5.41, 5.74) is 1.68. The molecule has 0 aliphatic rings. The number of aromatic nitrogens is 3. The van der Waals surface area contributed by atoms with Crippen LogP contribution in [0, 0.1) is 0 Å². The van der Waals surface area contributed by atoms with Gasteiger partial charge >= 0.3 is 0 Å². The molecule has 0 saturated carbocycles. The first-order valence-corrected chi connectivity index (χ1v) is 9.77. The fourth-order valence-electron chi connectivity index (χ4n) is 2.60. The van der Waals surface area contributed by atoms with Crippen LogP contribution in [0.1, 0.15) is 23.0 Å². The third kappa shape index (κ3) is 3.51. The predicted octanol–water partition coefficient (Wildman–Crippen LogP) is 4.59. The van der Waals surface area contributed by atoms with Crippen molar-refractivity contribution in [2.24, 2.45) is 0 Å². The van der Waals surface area contributed by atoms with Gasteiger partial charge in [-0.25, -0.2) is 0 Å². The van der Waals surface area contributed by atoms with E-state index in [4.69, 9.17) is 4.42 Å². The van der Waals surface area contributed by atoms with E-state index in [1.54, 1.807) is 12.5 Å². The zero-order valence-corrected chi connectivity index (χ0v) is 15.6. The number of benzene rings is 1. The molecule has 0 aliphatic heterocycles. The van der Waals surface area contributed by atoms with Crippen molar-refractivity contribution in [2.45, 2.75) is 23.1 Å². The van der Waals surface area contributed by atoms with Gasteiger partial charge in [-0.3, -0.25) is 4.79 Å². The Balaban J connectivity index is 1.41. The molecule has 0 radical (unpaired) electrons. The van der Waals surface area contributed by atoms with Crippen LogP contribution in [0.2, 0.25) is 0 Å². The van der Waals surface area contributed by atoms with E-state index in [1.807, 2.05) is 43.3 Å². The Hall–Kier alpha value is -2.58. The molecule has 132 valence electrons. The Labute approximate surface area is 158 Å². The number of carbonyl (C=O) groups is 1. The highest BCUT2D eigenvalue weighted by molar-refractivity contribution is 8.02. The Morgan fingerprint density at radius 2 is 2.19 bits per heavy atom. The second-order valence-electron chi connectivity index (χ2n) is 5.68. The molecule has 1 atom stereocenters. The molecule has 0 spiro atoms. The number of hydrogen-bond acceptors (Lipinski definition) is 7. The summed E-state index contributed by atoms with van der Waals surface area (Å²) in [6.45, 7) is 2.45. The molecule has 0 bridgehead atoms. The number of H-pyrrole nitrogens is 1. The minimum Gasteiger partial charge on any atom is -0.467 e. The number of carbonyl (C=O) groups excluding carboxylic acids is 1. The number of hydrogen-bond donors (Lipinski definition) is 2. The van der Waals surface area contributed by atoms with Crippen LogP contribution < -0.4 is 5.32 Å². The molecule has 0 saturated heterocycles. The van der Waals surface area contributed by atoms with E-state index in [2.05, 4.69) is 20.5 Å². The van der Waals surface area contributed by atoms with Crippen LogP contribution in [0.25, 0.3) is 10.9 Å². The molecule has 26 heavy (non-hydrogen) atoms. The number of Topliss-reactive ketones (excluding diaryl/α,β-unsaturated/α-hetero) is 1. The first kappa shape index (κ1) is 16.9. The van der Waals surface area contributed by atoms with Gasteiger partial charge in [0.25, 0.3) is 0 Å². The maximum atomic E-state index is 12.8. The number of anilines is 1. The molecule has 8 heteroatoms. The van der Waals surface area contributed by atoms with Gasteiger partial charge in [-0.2, -0.15) is 0 Å². The van der Waals surface area contributed by atoms with Crippen LogP contribution in [-0.2, 0) is 6.54 Å². The van der Waals surface area contributed by atoms with Crippen LogP contribution >= 0.6 is 23.1 Å². The van der Waals surface area contributed by atoms with E-state index in [0.29, 0.717) is 17.2 Å². The Morgan fingerprint density at radius 3 is 3.04 bits per heavy atom. The van der Waals surface area contributed by atoms with Crippen molar-refractivity contribution >= 4 is 44.9 Å². The number of nitrogens with zero attached hydrogens (tertiary/aromatic N) is 2. The second kappa shape index (κ2) is 7.35. The maximum Gasteiger partial charge on any atom is 0.206 e. The molecule has 6 nitrogen and oxygen atoms in total. The third-order valence-corrected chi connectivity index (χ3v) is 5.97. The van der Waals surface area contributed by atoms with Gasteiger partial charge < -0.3 is 14.7 Å². The zero-order chi connectivity index (χ0) is 17.9. The first-order chi connectivity index (χ1) is 12.7. The normalized spacial score (nSPS) is 12.3. The lowest BCUT2D eigenvalue weighted by Gasteiger charge is -2.06. The SMILES string of the molecule is CC(Sc1nnc(NCc2ccco2)s1)C(=O)c1c[nH]c2ccccc12. The molecular formula is C18H16N4O2S2. The number of nitrogens with one attached hydrogen (secondary N) is 2. The number of aromatic amines is 1. The van der Waals surface area contributed by atoms with Crippen molar-refractivity contribution in [2.75, 3.05) is 5.32 Å². The van der Waals surface area contributed by atoms with Crippen LogP contribution in [0.3, 0.4) is 0 Å². The average Bonchev–Trinajstić information content (AvgIpc) is 3.40. The van der Waals surface area contributed by atoms with Gasteiger partial charge in [-0.15, -0.1) is 10.2 Å². The van der Waals surface area contributed by atoms with Crippen molar-refractivity contribution in [1.82, 2.24) is 15.2 Å². The molecule has 4 rings (SSSR count). The number of para-hydroxylation sites is 1. The maximum absolute atomic E-state index is 12.8. The van der Waals surface area contributed by atoms with E-state index in [-0.39, 0.29) is 11.0 Å². The van der Waals surface area contributed by atoms with Gasteiger partial charge in [-0.1, -0.05) is 41.3 Å². The highest BCUT2D eigenvalue weighted by Gasteiger charge is 2.21. The Kier molecular flexibility index (Phi) is 4.77. The number of rotatable bonds is 7. The smallest absolute Gasteiger partial charge is 0.206 e. The molecule has 0 aliphatic carbocycles. The summed E-state index contributed by atoms with van der Waals surface area (Å²) in [6.07, 6.45) is 3.41. The monoisotopic (exact) mass is 384 g/mol. The van der Waals surface area contributed by atoms with Crippen LogP contribution in [-0.4, -0.2) is 26.2 Å². The summed E-state index contributed by atoms with van der Waals surface area (Å²) >= 11 is 2.85. The summed E-state index contributed by atoms with van der Waals surface area (Å²) in [6, 6.07) is 11.5. The zero-order valence-electron chi connectivity index (χ0n) is 13.9. The topological polar surface area (TPSA) is 83.8 Å². The summed E-state index contributed by atoms with van der Waals surface area (Å²) in [5.74, 6) is 0.907. The fraction of sp³-hybridized carbons (Fsp3) is 0.167. The van der Waals surface area contributed by atoms with E-state index in [0.717, 1.165) is 21.0 Å². The van der Waals surface area contributed by atoms with Gasteiger partial charge in [0.2, 0.25) is 5.13 Å². The Morgan fingerprint density at radius 1 is 1.31 bits per heavy atom. The molecule has 4 aromatic rings. The molecule has 1 aromatic carbocycles. The lowest BCUT2D eigenvalue weighted by Crippen LogP contribution is -2.12. The van der Waals surface area contributed by atoms with Crippen molar-refractivity contribution in [3.05, 3.63) is 60.2 Å². The van der Waals surface area contributed by atoms with E-state index in [1.165, 1.54) is 23.1 Å². The van der Waals surface area contributed by atoms with Crippen LogP contribution in [0.15, 0.2) is 57.6 Å². The molecule has 3 heterocycles. The van der Waals surface area contributed by atoms with E-state index in [9.17, 15) is 4.79 Å². The van der Waals surface area contributed by atoms with Crippen LogP contribution in [0.4, 0.5) is 5.13 Å². The number of furan rings is 1. The average molecular weight is 384 g/mol. The standard InChI is InChI=1S/C18H16N4O2S2/c1-11(16(23)14-10-19-15-7-3-2-6-13(14)15)25-18-22-21-17(26-18)20-9-12-5-4-8-24-12/h2-8,10-11,19H,9H2,1H3,(H,20,21). The molecule has 2 N–H and O–H groups in total. The molecule has 3 aromatic heterocycles.